The Hall–Kier alpha value is -1.36. The molecule has 5 heteroatoms. The van der Waals surface area contributed by atoms with Crippen LogP contribution in [0.4, 0.5) is 0 Å². The first kappa shape index (κ1) is 18.4. The second-order valence-electron chi connectivity index (χ2n) is 6.33. The first-order valence-electron chi connectivity index (χ1n) is 8.47. The minimum absolute atomic E-state index is 0.0899. The highest BCUT2D eigenvalue weighted by molar-refractivity contribution is 9.10. The zero-order valence-electron chi connectivity index (χ0n) is 13.9. The number of nitrogens with one attached hydrogen (secondary N) is 1. The number of halogens is 2. The maximum absolute atomic E-state index is 13.1. The molecule has 25 heavy (non-hydrogen) atoms. The van der Waals surface area contributed by atoms with Crippen LogP contribution < -0.4 is 5.32 Å². The number of rotatable bonds is 5. The van der Waals surface area contributed by atoms with E-state index in [1.54, 1.807) is 0 Å². The van der Waals surface area contributed by atoms with Crippen LogP contribution >= 0.6 is 27.5 Å². The summed E-state index contributed by atoms with van der Waals surface area (Å²) in [5.41, 5.74) is 1.72. The van der Waals surface area contributed by atoms with E-state index >= 15 is 0 Å². The molecule has 0 atom stereocenters. The summed E-state index contributed by atoms with van der Waals surface area (Å²) in [6, 6.07) is 15.8. The summed E-state index contributed by atoms with van der Waals surface area (Å²) in [4.78, 5) is 13.1. The second-order valence-corrected chi connectivity index (χ2v) is 7.69. The zero-order chi connectivity index (χ0) is 17.7. The van der Waals surface area contributed by atoms with E-state index in [2.05, 4.69) is 21.2 Å². The molecule has 0 bridgehead atoms. The minimum Gasteiger partial charge on any atom is -0.381 e. The van der Waals surface area contributed by atoms with E-state index in [0.29, 0.717) is 32.6 Å². The molecular weight excluding hydrogens is 402 g/mol. The molecule has 1 aliphatic rings. The first-order valence-corrected chi connectivity index (χ1v) is 9.64. The third kappa shape index (κ3) is 4.43. The molecule has 132 valence electrons. The van der Waals surface area contributed by atoms with Crippen LogP contribution in [0.1, 0.15) is 24.0 Å². The number of amides is 1. The Labute approximate surface area is 161 Å². The van der Waals surface area contributed by atoms with Crippen molar-refractivity contribution < 1.29 is 9.53 Å². The number of carbonyl (C=O) groups is 1. The Morgan fingerprint density at radius 1 is 1.08 bits per heavy atom. The Morgan fingerprint density at radius 2 is 1.72 bits per heavy atom. The largest absolute Gasteiger partial charge is 0.381 e. The topological polar surface area (TPSA) is 38.3 Å². The summed E-state index contributed by atoms with van der Waals surface area (Å²) in [6.45, 7) is 1.83. The molecule has 0 saturated carbocycles. The molecule has 0 unspecified atom stereocenters. The summed E-state index contributed by atoms with van der Waals surface area (Å²) in [6.07, 6.45) is 2.21. The molecule has 0 radical (unpaired) electrons. The molecule has 3 nitrogen and oxygen atoms in total. The van der Waals surface area contributed by atoms with Gasteiger partial charge in [-0.15, -0.1) is 0 Å². The lowest BCUT2D eigenvalue weighted by atomic mass is 9.73. The van der Waals surface area contributed by atoms with E-state index in [9.17, 15) is 4.79 Å². The van der Waals surface area contributed by atoms with Crippen molar-refractivity contribution in [1.29, 1.82) is 0 Å². The maximum Gasteiger partial charge on any atom is 0.230 e. The van der Waals surface area contributed by atoms with Gasteiger partial charge >= 0.3 is 0 Å². The van der Waals surface area contributed by atoms with Gasteiger partial charge in [0, 0.05) is 29.3 Å². The van der Waals surface area contributed by atoms with Crippen LogP contribution in [-0.2, 0) is 21.4 Å². The van der Waals surface area contributed by atoms with Gasteiger partial charge in [0.25, 0.3) is 0 Å². The van der Waals surface area contributed by atoms with Gasteiger partial charge in [0.2, 0.25) is 5.91 Å². The standard InChI is InChI=1S/C20H21BrClNO2/c21-17-5-3-16(4-6-17)20(10-13-25-14-11-20)19(24)23-12-9-15-1-7-18(22)8-2-15/h1-8H,9-14H2,(H,23,24). The second kappa shape index (κ2) is 8.35. The monoisotopic (exact) mass is 421 g/mol. The number of ether oxygens (including phenoxy) is 1. The summed E-state index contributed by atoms with van der Waals surface area (Å²) in [5.74, 6) is 0.0899. The van der Waals surface area contributed by atoms with Crippen molar-refractivity contribution in [3.8, 4) is 0 Å². The first-order chi connectivity index (χ1) is 12.1. The smallest absolute Gasteiger partial charge is 0.230 e. The zero-order valence-corrected chi connectivity index (χ0v) is 16.3. The molecule has 1 saturated heterocycles. The SMILES string of the molecule is O=C(NCCc1ccc(Cl)cc1)C1(c2ccc(Br)cc2)CCOCC1. The molecule has 2 aromatic rings. The average molecular weight is 423 g/mol. The van der Waals surface area contributed by atoms with Gasteiger partial charge in [0.1, 0.15) is 0 Å². The lowest BCUT2D eigenvalue weighted by Crippen LogP contribution is -2.48. The number of benzene rings is 2. The average Bonchev–Trinajstić information content (AvgIpc) is 2.64. The van der Waals surface area contributed by atoms with Gasteiger partial charge < -0.3 is 10.1 Å². The van der Waals surface area contributed by atoms with Crippen LogP contribution in [0.25, 0.3) is 0 Å². The van der Waals surface area contributed by atoms with Crippen LogP contribution in [0.5, 0.6) is 0 Å². The van der Waals surface area contributed by atoms with Crippen molar-refractivity contribution in [3.63, 3.8) is 0 Å². The molecule has 0 aromatic heterocycles. The van der Waals surface area contributed by atoms with Crippen LogP contribution in [0.15, 0.2) is 53.0 Å². The molecule has 3 rings (SSSR count). The normalized spacial score (nSPS) is 16.4. The minimum atomic E-state index is -0.501. The van der Waals surface area contributed by atoms with Crippen molar-refractivity contribution >= 4 is 33.4 Å². The van der Waals surface area contributed by atoms with E-state index in [0.717, 1.165) is 27.0 Å². The molecule has 1 aliphatic heterocycles. The van der Waals surface area contributed by atoms with Crippen molar-refractivity contribution in [2.75, 3.05) is 19.8 Å². The Kier molecular flexibility index (Phi) is 6.15. The van der Waals surface area contributed by atoms with Gasteiger partial charge in [-0.2, -0.15) is 0 Å². The Bertz CT molecular complexity index is 709. The van der Waals surface area contributed by atoms with E-state index in [4.69, 9.17) is 16.3 Å². The fourth-order valence-corrected chi connectivity index (χ4v) is 3.67. The van der Waals surface area contributed by atoms with Gasteiger partial charge in [-0.3, -0.25) is 4.79 Å². The highest BCUT2D eigenvalue weighted by Gasteiger charge is 2.41. The molecule has 0 spiro atoms. The summed E-state index contributed by atoms with van der Waals surface area (Å²) < 4.78 is 6.52. The molecular formula is C20H21BrClNO2. The number of carbonyl (C=O) groups excluding carboxylic acids is 1. The quantitative estimate of drug-likeness (QED) is 0.770. The van der Waals surface area contributed by atoms with Crippen LogP contribution in [0.3, 0.4) is 0 Å². The van der Waals surface area contributed by atoms with Gasteiger partial charge in [-0.05, 0) is 54.7 Å². The van der Waals surface area contributed by atoms with Crippen LogP contribution in [0, 0.1) is 0 Å². The van der Waals surface area contributed by atoms with Gasteiger partial charge in [-0.25, -0.2) is 0 Å². The van der Waals surface area contributed by atoms with Gasteiger partial charge in [0.15, 0.2) is 0 Å². The maximum atomic E-state index is 13.1. The van der Waals surface area contributed by atoms with Crippen molar-refractivity contribution in [1.82, 2.24) is 5.32 Å². The lowest BCUT2D eigenvalue weighted by Gasteiger charge is -2.36. The van der Waals surface area contributed by atoms with Crippen molar-refractivity contribution in [2.45, 2.75) is 24.7 Å². The van der Waals surface area contributed by atoms with Crippen LogP contribution in [0.2, 0.25) is 5.02 Å². The fraction of sp³-hybridized carbons (Fsp3) is 0.350. The molecule has 1 heterocycles. The lowest BCUT2D eigenvalue weighted by molar-refractivity contribution is -0.130. The molecule has 2 aromatic carbocycles. The van der Waals surface area contributed by atoms with Gasteiger partial charge in [-0.1, -0.05) is 51.8 Å². The molecule has 1 fully saturated rings. The summed E-state index contributed by atoms with van der Waals surface area (Å²) in [7, 11) is 0. The highest BCUT2D eigenvalue weighted by Crippen LogP contribution is 2.35. The van der Waals surface area contributed by atoms with Gasteiger partial charge in [0.05, 0.1) is 5.41 Å². The summed E-state index contributed by atoms with van der Waals surface area (Å²) in [5, 5.41) is 3.86. The van der Waals surface area contributed by atoms with Crippen molar-refractivity contribution in [3.05, 3.63) is 69.2 Å². The number of hydrogen-bond donors (Lipinski definition) is 1. The van der Waals surface area contributed by atoms with E-state index < -0.39 is 5.41 Å². The number of hydrogen-bond acceptors (Lipinski definition) is 2. The predicted molar refractivity (Wildman–Crippen MR) is 104 cm³/mol. The molecule has 1 amide bonds. The van der Waals surface area contributed by atoms with Crippen LogP contribution in [-0.4, -0.2) is 25.7 Å². The predicted octanol–water partition coefficient (Wildman–Crippen LogP) is 4.51. The molecule has 1 N–H and O–H groups in total. The highest BCUT2D eigenvalue weighted by atomic mass is 79.9. The Balaban J connectivity index is 1.69. The summed E-state index contributed by atoms with van der Waals surface area (Å²) >= 11 is 9.37. The Morgan fingerprint density at radius 3 is 2.36 bits per heavy atom. The third-order valence-corrected chi connectivity index (χ3v) is 5.57. The third-order valence-electron chi connectivity index (χ3n) is 4.79. The molecule has 0 aliphatic carbocycles. The van der Waals surface area contributed by atoms with E-state index in [-0.39, 0.29) is 5.91 Å². The fourth-order valence-electron chi connectivity index (χ4n) is 3.28. The van der Waals surface area contributed by atoms with E-state index in [1.807, 2.05) is 48.5 Å². The van der Waals surface area contributed by atoms with E-state index in [1.165, 1.54) is 0 Å². The van der Waals surface area contributed by atoms with Crippen molar-refractivity contribution in [2.24, 2.45) is 0 Å².